The Morgan fingerprint density at radius 3 is 2.84 bits per heavy atom. The quantitative estimate of drug-likeness (QED) is 0.630. The fourth-order valence-electron chi connectivity index (χ4n) is 4.31. The highest BCUT2D eigenvalue weighted by atomic mass is 19.1. The monoisotopic (exact) mass is 425 g/mol. The van der Waals surface area contributed by atoms with Gasteiger partial charge in [0.25, 0.3) is 5.91 Å². The van der Waals surface area contributed by atoms with Crippen molar-refractivity contribution in [2.24, 2.45) is 11.8 Å². The summed E-state index contributed by atoms with van der Waals surface area (Å²) in [7, 11) is 1.60. The fraction of sp³-hybridized carbons (Fsp3) is 0.348. The first kappa shape index (κ1) is 20.8. The van der Waals surface area contributed by atoms with Gasteiger partial charge in [-0.1, -0.05) is 6.07 Å². The third-order valence-corrected chi connectivity index (χ3v) is 5.88. The molecule has 1 aromatic heterocycles. The molecule has 0 bridgehead atoms. The molecule has 31 heavy (non-hydrogen) atoms. The second kappa shape index (κ2) is 8.75. The molecule has 8 heteroatoms. The van der Waals surface area contributed by atoms with Crippen LogP contribution in [0.3, 0.4) is 0 Å². The van der Waals surface area contributed by atoms with Gasteiger partial charge in [-0.15, -0.1) is 0 Å². The Labute approximate surface area is 178 Å². The highest BCUT2D eigenvalue weighted by Gasteiger charge is 2.34. The Morgan fingerprint density at radius 1 is 1.26 bits per heavy atom. The lowest BCUT2D eigenvalue weighted by molar-refractivity contribution is -0.139. The number of nitrogens with zero attached hydrogens (tertiary/aromatic N) is 2. The van der Waals surface area contributed by atoms with Gasteiger partial charge in [0.2, 0.25) is 0 Å². The lowest BCUT2D eigenvalue weighted by Crippen LogP contribution is -2.45. The van der Waals surface area contributed by atoms with Gasteiger partial charge >= 0.3 is 5.97 Å². The number of H-pyrrole nitrogens is 1. The number of imidazole rings is 1. The van der Waals surface area contributed by atoms with E-state index in [0.29, 0.717) is 31.5 Å². The Balaban J connectivity index is 1.55. The summed E-state index contributed by atoms with van der Waals surface area (Å²) in [6, 6.07) is 11.2. The van der Waals surface area contributed by atoms with Crippen molar-refractivity contribution >= 4 is 22.9 Å². The highest BCUT2D eigenvalue weighted by molar-refractivity contribution is 5.94. The van der Waals surface area contributed by atoms with Crippen LogP contribution in [0, 0.1) is 17.7 Å². The number of hydrogen-bond acceptors (Lipinski definition) is 4. The molecule has 162 valence electrons. The van der Waals surface area contributed by atoms with E-state index in [4.69, 9.17) is 4.74 Å². The number of aromatic amines is 1. The summed E-state index contributed by atoms with van der Waals surface area (Å²) in [5.41, 5.74) is 1.94. The molecule has 2 N–H and O–H groups in total. The van der Waals surface area contributed by atoms with Gasteiger partial charge < -0.3 is 19.7 Å². The van der Waals surface area contributed by atoms with Gasteiger partial charge in [0.05, 0.1) is 18.1 Å². The minimum atomic E-state index is -0.853. The molecule has 0 unspecified atom stereocenters. The smallest absolute Gasteiger partial charge is 0.303 e. The first-order valence-corrected chi connectivity index (χ1v) is 10.2. The van der Waals surface area contributed by atoms with E-state index in [1.165, 1.54) is 18.2 Å². The van der Waals surface area contributed by atoms with Crippen LogP contribution in [0.4, 0.5) is 4.39 Å². The summed E-state index contributed by atoms with van der Waals surface area (Å²) in [5.74, 6) is -0.246. The van der Waals surface area contributed by atoms with Gasteiger partial charge in [0.1, 0.15) is 17.4 Å². The summed E-state index contributed by atoms with van der Waals surface area (Å²) in [6.07, 6.45) is 1.13. The summed E-state index contributed by atoms with van der Waals surface area (Å²) in [6.45, 7) is 0.842. The number of hydrogen-bond donors (Lipinski definition) is 2. The summed E-state index contributed by atoms with van der Waals surface area (Å²) in [5, 5.41) is 9.35. The second-order valence-electron chi connectivity index (χ2n) is 7.94. The lowest BCUT2D eigenvalue weighted by atomic mass is 9.81. The standard InChI is InChI=1S/C23H24FN3O4/c1-31-18-5-6-19-20(12-18)26-21(25-19)10-16-13-27(8-7-14(16)11-22(28)29)23(30)15-3-2-4-17(24)9-15/h2-6,9,12,14,16H,7-8,10-11,13H2,1H3,(H,25,26)(H,28,29)/t14-,16-/m0/s1. The SMILES string of the molecule is COc1ccc2nc(C[C@H]3CN(C(=O)c4cccc(F)c4)CC[C@H]3CC(=O)O)[nH]c2c1. The largest absolute Gasteiger partial charge is 0.497 e. The lowest BCUT2D eigenvalue weighted by Gasteiger charge is -2.38. The topological polar surface area (TPSA) is 95.5 Å². The zero-order valence-electron chi connectivity index (χ0n) is 17.2. The van der Waals surface area contributed by atoms with E-state index >= 15 is 0 Å². The number of rotatable bonds is 6. The van der Waals surface area contributed by atoms with Crippen LogP contribution in [0.2, 0.25) is 0 Å². The van der Waals surface area contributed by atoms with Gasteiger partial charge in [-0.05, 0) is 48.6 Å². The molecular formula is C23H24FN3O4. The number of amides is 1. The maximum absolute atomic E-state index is 13.6. The predicted octanol–water partition coefficient (Wildman–Crippen LogP) is 3.51. The Kier molecular flexibility index (Phi) is 5.88. The average molecular weight is 425 g/mol. The van der Waals surface area contributed by atoms with Gasteiger partial charge in [-0.2, -0.15) is 0 Å². The van der Waals surface area contributed by atoms with Crippen LogP contribution in [-0.4, -0.2) is 52.1 Å². The number of halogens is 1. The molecule has 0 saturated carbocycles. The normalized spacial score (nSPS) is 18.8. The van der Waals surface area contributed by atoms with Gasteiger partial charge in [0.15, 0.2) is 0 Å². The third kappa shape index (κ3) is 4.68. The van der Waals surface area contributed by atoms with Crippen LogP contribution in [-0.2, 0) is 11.2 Å². The maximum atomic E-state index is 13.6. The molecule has 0 aliphatic carbocycles. The van der Waals surface area contributed by atoms with E-state index in [0.717, 1.165) is 22.6 Å². The molecule has 4 rings (SSSR count). The van der Waals surface area contributed by atoms with E-state index in [-0.39, 0.29) is 24.2 Å². The fourth-order valence-corrected chi connectivity index (χ4v) is 4.31. The number of carbonyl (C=O) groups excluding carboxylic acids is 1. The van der Waals surface area contributed by atoms with Gasteiger partial charge in [0, 0.05) is 37.6 Å². The van der Waals surface area contributed by atoms with Crippen molar-refractivity contribution in [1.29, 1.82) is 0 Å². The van der Waals surface area contributed by atoms with Crippen molar-refractivity contribution in [3.8, 4) is 5.75 Å². The Bertz CT molecular complexity index is 1110. The van der Waals surface area contributed by atoms with Crippen LogP contribution in [0.25, 0.3) is 11.0 Å². The summed E-state index contributed by atoms with van der Waals surface area (Å²) in [4.78, 5) is 33.9. The average Bonchev–Trinajstić information content (AvgIpc) is 3.15. The Morgan fingerprint density at radius 2 is 2.10 bits per heavy atom. The van der Waals surface area contributed by atoms with Crippen molar-refractivity contribution in [2.75, 3.05) is 20.2 Å². The van der Waals surface area contributed by atoms with E-state index in [9.17, 15) is 19.1 Å². The summed E-state index contributed by atoms with van der Waals surface area (Å²) < 4.78 is 18.8. The number of carbonyl (C=O) groups is 2. The minimum Gasteiger partial charge on any atom is -0.497 e. The van der Waals surface area contributed by atoms with E-state index in [1.54, 1.807) is 18.1 Å². The first-order chi connectivity index (χ1) is 14.9. The number of carboxylic acids is 1. The van der Waals surface area contributed by atoms with Crippen molar-refractivity contribution in [2.45, 2.75) is 19.3 Å². The maximum Gasteiger partial charge on any atom is 0.303 e. The molecule has 0 radical (unpaired) electrons. The molecule has 3 aromatic rings. The second-order valence-corrected chi connectivity index (χ2v) is 7.94. The van der Waals surface area contributed by atoms with Crippen LogP contribution < -0.4 is 4.74 Å². The molecular weight excluding hydrogens is 401 g/mol. The number of methoxy groups -OCH3 is 1. The molecule has 7 nitrogen and oxygen atoms in total. The number of ether oxygens (including phenoxy) is 1. The van der Waals surface area contributed by atoms with E-state index in [2.05, 4.69) is 9.97 Å². The van der Waals surface area contributed by atoms with Crippen molar-refractivity contribution < 1.29 is 23.8 Å². The van der Waals surface area contributed by atoms with Crippen LogP contribution in [0.15, 0.2) is 42.5 Å². The number of fused-ring (bicyclic) bond motifs is 1. The number of benzene rings is 2. The molecule has 0 spiro atoms. The third-order valence-electron chi connectivity index (χ3n) is 5.88. The van der Waals surface area contributed by atoms with E-state index < -0.39 is 11.8 Å². The number of carboxylic acid groups (broad SMARTS) is 1. The molecule has 1 aliphatic rings. The number of nitrogens with one attached hydrogen (secondary N) is 1. The molecule has 2 aromatic carbocycles. The van der Waals surface area contributed by atoms with Gasteiger partial charge in [-0.25, -0.2) is 9.37 Å². The number of aromatic nitrogens is 2. The zero-order valence-corrected chi connectivity index (χ0v) is 17.2. The molecule has 2 heterocycles. The first-order valence-electron chi connectivity index (χ1n) is 10.2. The molecule has 1 amide bonds. The highest BCUT2D eigenvalue weighted by Crippen LogP contribution is 2.31. The number of piperidine rings is 1. The molecule has 1 fully saturated rings. The van der Waals surface area contributed by atoms with E-state index in [1.807, 2.05) is 18.2 Å². The predicted molar refractivity (Wildman–Crippen MR) is 113 cm³/mol. The molecule has 1 aliphatic heterocycles. The van der Waals surface area contributed by atoms with Crippen LogP contribution in [0.5, 0.6) is 5.75 Å². The van der Waals surface area contributed by atoms with Crippen LogP contribution in [0.1, 0.15) is 29.0 Å². The molecule has 1 saturated heterocycles. The Hall–Kier alpha value is -3.42. The zero-order chi connectivity index (χ0) is 22.0. The van der Waals surface area contributed by atoms with Crippen LogP contribution >= 0.6 is 0 Å². The van der Waals surface area contributed by atoms with Crippen molar-refractivity contribution in [3.63, 3.8) is 0 Å². The van der Waals surface area contributed by atoms with Crippen molar-refractivity contribution in [3.05, 3.63) is 59.7 Å². The summed E-state index contributed by atoms with van der Waals surface area (Å²) >= 11 is 0. The number of aliphatic carboxylic acids is 1. The number of likely N-dealkylation sites (tertiary alicyclic amines) is 1. The molecule has 2 atom stereocenters. The minimum absolute atomic E-state index is 0.0424. The van der Waals surface area contributed by atoms with Gasteiger partial charge in [-0.3, -0.25) is 9.59 Å². The van der Waals surface area contributed by atoms with Crippen molar-refractivity contribution in [1.82, 2.24) is 14.9 Å².